The highest BCUT2D eigenvalue weighted by atomic mass is 16.1. The Bertz CT molecular complexity index is 766. The molecule has 2 aromatic carbocycles. The summed E-state index contributed by atoms with van der Waals surface area (Å²) in [4.78, 5) is 20.1. The first-order valence-corrected chi connectivity index (χ1v) is 6.32. The minimum Gasteiger partial charge on any atom is -0.339 e. The van der Waals surface area contributed by atoms with Crippen molar-refractivity contribution in [1.82, 2.24) is 9.97 Å². The summed E-state index contributed by atoms with van der Waals surface area (Å²) in [6.07, 6.45) is 1.70. The summed E-state index contributed by atoms with van der Waals surface area (Å²) < 4.78 is 0. The fourth-order valence-corrected chi connectivity index (χ4v) is 1.95. The molecule has 1 aromatic heterocycles. The molecule has 0 saturated carbocycles. The van der Waals surface area contributed by atoms with Gasteiger partial charge in [-0.1, -0.05) is 12.1 Å². The van der Waals surface area contributed by atoms with E-state index in [4.69, 9.17) is 0 Å². The molecule has 4 nitrogen and oxygen atoms in total. The normalized spacial score (nSPS) is 10.4. The van der Waals surface area contributed by atoms with Gasteiger partial charge in [-0.25, -0.2) is 4.98 Å². The van der Waals surface area contributed by atoms with Gasteiger partial charge in [-0.15, -0.1) is 0 Å². The van der Waals surface area contributed by atoms with Gasteiger partial charge in [0.1, 0.15) is 5.82 Å². The van der Waals surface area contributed by atoms with Gasteiger partial charge in [0.2, 0.25) is 0 Å². The zero-order chi connectivity index (χ0) is 13.9. The number of para-hydroxylation sites is 2. The molecule has 4 heteroatoms. The fourth-order valence-electron chi connectivity index (χ4n) is 1.95. The highest BCUT2D eigenvalue weighted by molar-refractivity contribution is 5.94. The predicted octanol–water partition coefficient (Wildman–Crippen LogP) is 3.58. The van der Waals surface area contributed by atoms with Crippen molar-refractivity contribution in [2.24, 2.45) is 0 Å². The molecular weight excluding hydrogens is 250 g/mol. The number of fused-ring (bicyclic) bond motifs is 1. The molecule has 0 unspecified atom stereocenters. The number of benzene rings is 2. The van der Waals surface area contributed by atoms with Gasteiger partial charge in [-0.3, -0.25) is 9.78 Å². The van der Waals surface area contributed by atoms with Crippen LogP contribution in [0.5, 0.6) is 0 Å². The van der Waals surface area contributed by atoms with Crippen LogP contribution in [-0.4, -0.2) is 15.8 Å². The molecule has 0 aliphatic carbocycles. The van der Waals surface area contributed by atoms with Crippen LogP contribution >= 0.6 is 0 Å². The van der Waals surface area contributed by atoms with Crippen LogP contribution in [-0.2, 0) is 0 Å². The van der Waals surface area contributed by atoms with Crippen LogP contribution in [0.1, 0.15) is 17.3 Å². The number of Topliss-reactive ketones (excluding diaryl/α,β-unsaturated/α-hetero) is 1. The molecule has 0 saturated heterocycles. The van der Waals surface area contributed by atoms with E-state index in [0.29, 0.717) is 11.4 Å². The number of ketones is 1. The van der Waals surface area contributed by atoms with Crippen molar-refractivity contribution in [3.8, 4) is 0 Å². The molecule has 0 radical (unpaired) electrons. The summed E-state index contributed by atoms with van der Waals surface area (Å²) in [5.74, 6) is 0.737. The molecule has 1 N–H and O–H groups in total. The Morgan fingerprint density at radius 3 is 2.40 bits per heavy atom. The number of anilines is 2. The Kier molecular flexibility index (Phi) is 3.13. The molecule has 0 bridgehead atoms. The van der Waals surface area contributed by atoms with E-state index in [1.807, 2.05) is 36.4 Å². The molecule has 0 aliphatic heterocycles. The van der Waals surface area contributed by atoms with Crippen molar-refractivity contribution in [1.29, 1.82) is 0 Å². The summed E-state index contributed by atoms with van der Waals surface area (Å²) in [6.45, 7) is 1.55. The zero-order valence-electron chi connectivity index (χ0n) is 11.0. The minimum atomic E-state index is 0.0575. The molecule has 0 aliphatic rings. The second kappa shape index (κ2) is 5.09. The van der Waals surface area contributed by atoms with Crippen LogP contribution in [0.25, 0.3) is 11.0 Å². The number of carbonyl (C=O) groups is 1. The van der Waals surface area contributed by atoms with E-state index in [1.165, 1.54) is 0 Å². The maximum absolute atomic E-state index is 11.2. The smallest absolute Gasteiger partial charge is 0.159 e. The third-order valence-electron chi connectivity index (χ3n) is 3.01. The van der Waals surface area contributed by atoms with Gasteiger partial charge >= 0.3 is 0 Å². The lowest BCUT2D eigenvalue weighted by atomic mass is 10.1. The lowest BCUT2D eigenvalue weighted by Crippen LogP contribution is -1.96. The number of nitrogens with one attached hydrogen (secondary N) is 1. The minimum absolute atomic E-state index is 0.0575. The maximum Gasteiger partial charge on any atom is 0.159 e. The van der Waals surface area contributed by atoms with E-state index < -0.39 is 0 Å². The second-order valence-corrected chi connectivity index (χ2v) is 4.50. The van der Waals surface area contributed by atoms with Gasteiger partial charge in [-0.2, -0.15) is 0 Å². The number of nitrogens with zero attached hydrogens (tertiary/aromatic N) is 2. The fraction of sp³-hybridized carbons (Fsp3) is 0.0625. The van der Waals surface area contributed by atoms with E-state index in [-0.39, 0.29) is 5.78 Å². The molecule has 0 fully saturated rings. The molecule has 20 heavy (non-hydrogen) atoms. The SMILES string of the molecule is CC(=O)c1ccc(Nc2cnc3ccccc3n2)cc1. The third-order valence-corrected chi connectivity index (χ3v) is 3.01. The highest BCUT2D eigenvalue weighted by Crippen LogP contribution is 2.17. The molecule has 3 rings (SSSR count). The topological polar surface area (TPSA) is 54.9 Å². The first kappa shape index (κ1) is 12.3. The van der Waals surface area contributed by atoms with Gasteiger partial charge in [0.15, 0.2) is 5.78 Å². The molecule has 1 heterocycles. The van der Waals surface area contributed by atoms with E-state index in [1.54, 1.807) is 25.3 Å². The Labute approximate surface area is 116 Å². The van der Waals surface area contributed by atoms with Crippen molar-refractivity contribution < 1.29 is 4.79 Å². The first-order valence-electron chi connectivity index (χ1n) is 6.32. The lowest BCUT2D eigenvalue weighted by Gasteiger charge is -2.06. The van der Waals surface area contributed by atoms with Crippen molar-refractivity contribution in [2.75, 3.05) is 5.32 Å². The Hall–Kier alpha value is -2.75. The second-order valence-electron chi connectivity index (χ2n) is 4.50. The van der Waals surface area contributed by atoms with Gasteiger partial charge in [0.05, 0.1) is 17.2 Å². The monoisotopic (exact) mass is 263 g/mol. The quantitative estimate of drug-likeness (QED) is 0.734. The van der Waals surface area contributed by atoms with Crippen LogP contribution in [0.4, 0.5) is 11.5 Å². The van der Waals surface area contributed by atoms with Crippen molar-refractivity contribution in [3.63, 3.8) is 0 Å². The van der Waals surface area contributed by atoms with E-state index in [9.17, 15) is 4.79 Å². The number of carbonyl (C=O) groups excluding carboxylic acids is 1. The molecular formula is C16H13N3O. The maximum atomic E-state index is 11.2. The summed E-state index contributed by atoms with van der Waals surface area (Å²) in [5, 5.41) is 3.18. The average molecular weight is 263 g/mol. The van der Waals surface area contributed by atoms with Crippen LogP contribution in [0.15, 0.2) is 54.7 Å². The lowest BCUT2D eigenvalue weighted by molar-refractivity contribution is 0.101. The van der Waals surface area contributed by atoms with E-state index >= 15 is 0 Å². The number of hydrogen-bond donors (Lipinski definition) is 1. The van der Waals surface area contributed by atoms with Gasteiger partial charge < -0.3 is 5.32 Å². The Balaban J connectivity index is 1.87. The zero-order valence-corrected chi connectivity index (χ0v) is 11.0. The largest absolute Gasteiger partial charge is 0.339 e. The van der Waals surface area contributed by atoms with Crippen LogP contribution in [0.2, 0.25) is 0 Å². The first-order chi connectivity index (χ1) is 9.72. The van der Waals surface area contributed by atoms with Gasteiger partial charge in [0.25, 0.3) is 0 Å². The van der Waals surface area contributed by atoms with Crippen molar-refractivity contribution >= 4 is 28.3 Å². The highest BCUT2D eigenvalue weighted by Gasteiger charge is 2.01. The van der Waals surface area contributed by atoms with Crippen LogP contribution < -0.4 is 5.32 Å². The van der Waals surface area contributed by atoms with E-state index in [0.717, 1.165) is 16.7 Å². The Morgan fingerprint density at radius 2 is 1.70 bits per heavy atom. The average Bonchev–Trinajstić information content (AvgIpc) is 2.48. The molecule has 3 aromatic rings. The number of aromatic nitrogens is 2. The van der Waals surface area contributed by atoms with Crippen molar-refractivity contribution in [3.05, 3.63) is 60.3 Å². The standard InChI is InChI=1S/C16H13N3O/c1-11(20)12-6-8-13(9-7-12)18-16-10-17-14-4-2-3-5-15(14)19-16/h2-10H,1H3,(H,18,19). The molecule has 98 valence electrons. The van der Waals surface area contributed by atoms with Crippen molar-refractivity contribution in [2.45, 2.75) is 6.92 Å². The van der Waals surface area contributed by atoms with Crippen LogP contribution in [0, 0.1) is 0 Å². The van der Waals surface area contributed by atoms with Gasteiger partial charge in [-0.05, 0) is 43.3 Å². The summed E-state index contributed by atoms with van der Waals surface area (Å²) in [7, 11) is 0. The predicted molar refractivity (Wildman–Crippen MR) is 79.3 cm³/mol. The third kappa shape index (κ3) is 2.49. The number of hydrogen-bond acceptors (Lipinski definition) is 4. The Morgan fingerprint density at radius 1 is 1.00 bits per heavy atom. The molecule has 0 amide bonds. The number of rotatable bonds is 3. The van der Waals surface area contributed by atoms with Crippen LogP contribution in [0.3, 0.4) is 0 Å². The van der Waals surface area contributed by atoms with Gasteiger partial charge in [0, 0.05) is 11.3 Å². The molecule has 0 spiro atoms. The summed E-state index contributed by atoms with van der Waals surface area (Å²) in [5.41, 5.74) is 3.28. The van der Waals surface area contributed by atoms with E-state index in [2.05, 4.69) is 15.3 Å². The summed E-state index contributed by atoms with van der Waals surface area (Å²) in [6, 6.07) is 15.0. The summed E-state index contributed by atoms with van der Waals surface area (Å²) >= 11 is 0. The molecule has 0 atom stereocenters.